The van der Waals surface area contributed by atoms with Crippen LogP contribution >= 0.6 is 0 Å². The Morgan fingerprint density at radius 1 is 0.659 bits per heavy atom. The lowest BCUT2D eigenvalue weighted by Gasteiger charge is -2.32. The summed E-state index contributed by atoms with van der Waals surface area (Å²) in [7, 11) is 0. The Labute approximate surface area is 261 Å². The van der Waals surface area contributed by atoms with Crippen molar-refractivity contribution < 1.29 is 0 Å². The van der Waals surface area contributed by atoms with Crippen LogP contribution in [0, 0.1) is 0 Å². The molecule has 0 radical (unpaired) electrons. The van der Waals surface area contributed by atoms with Gasteiger partial charge in [0, 0.05) is 28.7 Å². The van der Waals surface area contributed by atoms with E-state index in [1.54, 1.807) is 16.8 Å². The van der Waals surface area contributed by atoms with Gasteiger partial charge < -0.3 is 9.47 Å². The Morgan fingerprint density at radius 2 is 1.52 bits per heavy atom. The second kappa shape index (κ2) is 10.7. The van der Waals surface area contributed by atoms with Gasteiger partial charge in [0.05, 0.1) is 12.1 Å². The molecule has 6 aliphatic rings. The van der Waals surface area contributed by atoms with E-state index in [2.05, 4.69) is 125 Å². The molecule has 2 nitrogen and oxygen atoms in total. The first kappa shape index (κ1) is 26.1. The molecule has 0 amide bonds. The van der Waals surface area contributed by atoms with Crippen LogP contribution in [0.4, 0.5) is 5.69 Å². The highest BCUT2D eigenvalue weighted by atomic mass is 15.2. The predicted molar refractivity (Wildman–Crippen MR) is 185 cm³/mol. The van der Waals surface area contributed by atoms with E-state index in [1.807, 2.05) is 0 Å². The van der Waals surface area contributed by atoms with E-state index in [0.29, 0.717) is 18.0 Å². The molecule has 0 bridgehead atoms. The smallest absolute Gasteiger partial charge is 0.0626 e. The molecule has 0 spiro atoms. The van der Waals surface area contributed by atoms with Crippen LogP contribution in [0.2, 0.25) is 0 Å². The van der Waals surface area contributed by atoms with Crippen molar-refractivity contribution in [3.8, 4) is 0 Å². The van der Waals surface area contributed by atoms with Crippen LogP contribution in [-0.2, 0) is 19.3 Å². The van der Waals surface area contributed by atoms with E-state index in [1.165, 1.54) is 77.0 Å². The summed E-state index contributed by atoms with van der Waals surface area (Å²) in [5, 5.41) is 0. The number of hydrogen-bond acceptors (Lipinski definition) is 1. The lowest BCUT2D eigenvalue weighted by molar-refractivity contribution is 0.551. The molecule has 2 heterocycles. The molecule has 2 aromatic carbocycles. The maximum atomic E-state index is 2.73. The van der Waals surface area contributed by atoms with E-state index in [0.717, 1.165) is 25.7 Å². The minimum absolute atomic E-state index is 0.352. The zero-order valence-corrected chi connectivity index (χ0v) is 25.5. The Hall–Kier alpha value is -4.30. The monoisotopic (exact) mass is 572 g/mol. The lowest BCUT2D eigenvalue weighted by atomic mass is 9.86. The lowest BCUT2D eigenvalue weighted by Crippen LogP contribution is -2.32. The molecule has 1 aromatic heterocycles. The Morgan fingerprint density at radius 3 is 2.39 bits per heavy atom. The third-order valence-electron chi connectivity index (χ3n) is 10.9. The summed E-state index contributed by atoms with van der Waals surface area (Å²) >= 11 is 0. The molecule has 44 heavy (non-hydrogen) atoms. The van der Waals surface area contributed by atoms with Crippen LogP contribution in [-0.4, -0.2) is 10.6 Å². The fraction of sp³-hybridized carbons (Fsp3) is 0.286. The number of benzene rings is 2. The Balaban J connectivity index is 1.12. The van der Waals surface area contributed by atoms with Crippen LogP contribution in [0.25, 0.3) is 17.2 Å². The van der Waals surface area contributed by atoms with Gasteiger partial charge in [-0.2, -0.15) is 0 Å². The summed E-state index contributed by atoms with van der Waals surface area (Å²) < 4.78 is 2.73. The zero-order chi connectivity index (χ0) is 29.0. The Bertz CT molecular complexity index is 1850. The summed E-state index contributed by atoms with van der Waals surface area (Å²) in [6, 6.07) is 19.1. The summed E-state index contributed by atoms with van der Waals surface area (Å²) in [5.74, 6) is 0.409. The number of allylic oxidation sites excluding steroid dienone is 11. The first-order chi connectivity index (χ1) is 21.8. The fourth-order valence-electron chi connectivity index (χ4n) is 8.81. The minimum Gasteiger partial charge on any atom is -0.337 e. The number of rotatable bonds is 4. The molecule has 1 aliphatic heterocycles. The van der Waals surface area contributed by atoms with E-state index in [-0.39, 0.29) is 0 Å². The number of fused-ring (bicyclic) bond motifs is 6. The third-order valence-corrected chi connectivity index (χ3v) is 10.9. The van der Waals surface area contributed by atoms with Gasteiger partial charge in [0.15, 0.2) is 0 Å². The molecule has 3 aromatic rings. The molecule has 3 atom stereocenters. The predicted octanol–water partition coefficient (Wildman–Crippen LogP) is 10.1. The van der Waals surface area contributed by atoms with Crippen molar-refractivity contribution in [1.82, 2.24) is 4.57 Å². The average Bonchev–Trinajstić information content (AvgIpc) is 3.61. The SMILES string of the molecule is C1=CCC(n2c3c(c4c2CCCC4)CCC(c2ccc4c(c2)N(C2=CC=C(c5ccccc5)CC2)C2C=CC=CC42)=C3)C=C1. The van der Waals surface area contributed by atoms with Gasteiger partial charge in [-0.1, -0.05) is 97.1 Å². The maximum absolute atomic E-state index is 2.73. The van der Waals surface area contributed by atoms with Gasteiger partial charge in [-0.25, -0.2) is 0 Å². The zero-order valence-electron chi connectivity index (χ0n) is 25.5. The highest BCUT2D eigenvalue weighted by molar-refractivity contribution is 5.87. The van der Waals surface area contributed by atoms with Crippen molar-refractivity contribution in [2.75, 3.05) is 4.90 Å². The topological polar surface area (TPSA) is 8.17 Å². The molecule has 2 heteroatoms. The number of nitrogens with zero attached hydrogens (tertiary/aromatic N) is 2. The van der Waals surface area contributed by atoms with E-state index >= 15 is 0 Å². The summed E-state index contributed by atoms with van der Waals surface area (Å²) in [6.45, 7) is 0. The van der Waals surface area contributed by atoms with Crippen molar-refractivity contribution in [1.29, 1.82) is 0 Å². The van der Waals surface area contributed by atoms with Crippen molar-refractivity contribution in [3.63, 3.8) is 0 Å². The number of hydrogen-bond donors (Lipinski definition) is 0. The number of aromatic nitrogens is 1. The first-order valence-electron chi connectivity index (χ1n) is 16.9. The van der Waals surface area contributed by atoms with Gasteiger partial charge in [0.2, 0.25) is 0 Å². The second-order valence-corrected chi connectivity index (χ2v) is 13.3. The molecule has 0 N–H and O–H groups in total. The molecule has 5 aliphatic carbocycles. The highest BCUT2D eigenvalue weighted by Gasteiger charge is 2.39. The molecule has 0 saturated carbocycles. The van der Waals surface area contributed by atoms with Gasteiger partial charge in [-0.3, -0.25) is 0 Å². The molecule has 3 unspecified atom stereocenters. The summed E-state index contributed by atoms with van der Waals surface area (Å²) in [5.41, 5.74) is 16.4. The first-order valence-corrected chi connectivity index (χ1v) is 16.9. The van der Waals surface area contributed by atoms with Crippen molar-refractivity contribution in [2.24, 2.45) is 0 Å². The molecular weight excluding hydrogens is 532 g/mol. The average molecular weight is 573 g/mol. The fourth-order valence-corrected chi connectivity index (χ4v) is 8.81. The van der Waals surface area contributed by atoms with Crippen LogP contribution in [0.15, 0.2) is 115 Å². The normalized spacial score (nSPS) is 24.7. The van der Waals surface area contributed by atoms with Crippen LogP contribution in [0.1, 0.15) is 89.7 Å². The quantitative estimate of drug-likeness (QED) is 0.302. The van der Waals surface area contributed by atoms with Crippen molar-refractivity contribution in [3.05, 3.63) is 154 Å². The van der Waals surface area contributed by atoms with E-state index in [9.17, 15) is 0 Å². The molecule has 218 valence electrons. The van der Waals surface area contributed by atoms with Crippen LogP contribution in [0.5, 0.6) is 0 Å². The molecule has 0 fully saturated rings. The van der Waals surface area contributed by atoms with Gasteiger partial charge in [-0.15, -0.1) is 0 Å². The molecular formula is C42H40N2. The van der Waals surface area contributed by atoms with Crippen molar-refractivity contribution >= 4 is 22.9 Å². The van der Waals surface area contributed by atoms with E-state index in [4.69, 9.17) is 0 Å². The second-order valence-electron chi connectivity index (χ2n) is 13.3. The Kier molecular flexibility index (Phi) is 6.35. The van der Waals surface area contributed by atoms with Crippen molar-refractivity contribution in [2.45, 2.75) is 75.8 Å². The van der Waals surface area contributed by atoms with Gasteiger partial charge in [-0.05, 0) is 115 Å². The largest absolute Gasteiger partial charge is 0.337 e. The highest BCUT2D eigenvalue weighted by Crippen LogP contribution is 2.49. The summed E-state index contributed by atoms with van der Waals surface area (Å²) in [4.78, 5) is 2.66. The number of anilines is 1. The van der Waals surface area contributed by atoms with Crippen LogP contribution in [0.3, 0.4) is 0 Å². The third kappa shape index (κ3) is 4.22. The molecule has 0 saturated heterocycles. The van der Waals surface area contributed by atoms with Gasteiger partial charge >= 0.3 is 0 Å². The van der Waals surface area contributed by atoms with Gasteiger partial charge in [0.25, 0.3) is 0 Å². The van der Waals surface area contributed by atoms with Gasteiger partial charge in [0.1, 0.15) is 0 Å². The van der Waals surface area contributed by atoms with E-state index < -0.39 is 0 Å². The van der Waals surface area contributed by atoms with Crippen LogP contribution < -0.4 is 4.90 Å². The maximum Gasteiger partial charge on any atom is 0.0626 e. The summed E-state index contributed by atoms with van der Waals surface area (Å²) in [6.07, 6.45) is 36.5. The standard InChI is InChI=1S/C42H40N2/c1-3-11-29(12-4-1)30-19-23-34(24-20-30)44-40-18-10-8-16-36(40)38-26-22-32(28-42(38)44)31-21-25-37-35-15-7-9-17-39(35)43(41(37)27-31)33-13-5-2-6-14-33/h1-6,8,10-13,16,18-19,22-23,26-28,33,36,40H,7,9,14-15,17,20-21,24-25H2. The molecule has 9 rings (SSSR count). The minimum atomic E-state index is 0.352.